The number of nitrogens with zero attached hydrogens (tertiary/aromatic N) is 1. The van der Waals surface area contributed by atoms with E-state index in [1.54, 1.807) is 21.0 Å². The molecule has 0 aliphatic heterocycles. The fraction of sp³-hybridized carbons (Fsp3) is 0.750. The second-order valence-electron chi connectivity index (χ2n) is 4.73. The van der Waals surface area contributed by atoms with E-state index in [1.165, 1.54) is 4.90 Å². The predicted octanol–water partition coefficient (Wildman–Crippen LogP) is 0.0561. The van der Waals surface area contributed by atoms with E-state index in [4.69, 9.17) is 5.11 Å². The summed E-state index contributed by atoms with van der Waals surface area (Å²) in [5, 5.41) is 16.5. The van der Waals surface area contributed by atoms with Crippen LogP contribution < -0.4 is 16.0 Å². The topological polar surface area (TPSA) is 111 Å². The van der Waals surface area contributed by atoms with Crippen molar-refractivity contribution in [3.8, 4) is 0 Å². The van der Waals surface area contributed by atoms with Gasteiger partial charge in [-0.15, -0.1) is 0 Å². The Morgan fingerprint density at radius 1 is 1.15 bits per heavy atom. The summed E-state index contributed by atoms with van der Waals surface area (Å²) in [6.07, 6.45) is 0.649. The van der Waals surface area contributed by atoms with Crippen molar-refractivity contribution in [3.63, 3.8) is 0 Å². The van der Waals surface area contributed by atoms with Crippen molar-refractivity contribution in [1.29, 1.82) is 0 Å². The minimum absolute atomic E-state index is 0.160. The van der Waals surface area contributed by atoms with Gasteiger partial charge in [0, 0.05) is 27.2 Å². The van der Waals surface area contributed by atoms with E-state index in [2.05, 4.69) is 16.0 Å². The molecule has 0 bridgehead atoms. The molecule has 2 atom stereocenters. The molecule has 0 saturated heterocycles. The Bertz CT molecular complexity index is 346. The quantitative estimate of drug-likeness (QED) is 0.496. The van der Waals surface area contributed by atoms with Crippen molar-refractivity contribution in [2.45, 2.75) is 26.3 Å². The average Bonchev–Trinajstić information content (AvgIpc) is 2.39. The van der Waals surface area contributed by atoms with Crippen LogP contribution in [0.25, 0.3) is 0 Å². The second-order valence-corrected chi connectivity index (χ2v) is 4.73. The number of hydrogen-bond acceptors (Lipinski definition) is 3. The van der Waals surface area contributed by atoms with Gasteiger partial charge in [-0.25, -0.2) is 14.4 Å². The largest absolute Gasteiger partial charge is 0.480 e. The molecule has 0 rings (SSSR count). The van der Waals surface area contributed by atoms with E-state index in [0.717, 1.165) is 0 Å². The van der Waals surface area contributed by atoms with Crippen LogP contribution in [0.1, 0.15) is 20.3 Å². The molecule has 0 heterocycles. The lowest BCUT2D eigenvalue weighted by atomic mass is 9.99. The molecule has 8 heteroatoms. The monoisotopic (exact) mass is 288 g/mol. The van der Waals surface area contributed by atoms with Crippen LogP contribution in [0, 0.1) is 5.92 Å². The molecule has 0 fully saturated rings. The van der Waals surface area contributed by atoms with Crippen molar-refractivity contribution < 1.29 is 19.5 Å². The summed E-state index contributed by atoms with van der Waals surface area (Å²) in [5.41, 5.74) is 0. The number of rotatable bonds is 7. The van der Waals surface area contributed by atoms with Crippen LogP contribution in [0.5, 0.6) is 0 Å². The van der Waals surface area contributed by atoms with Gasteiger partial charge in [0.15, 0.2) is 0 Å². The molecule has 116 valence electrons. The minimum Gasteiger partial charge on any atom is -0.480 e. The Morgan fingerprint density at radius 2 is 1.70 bits per heavy atom. The molecule has 0 unspecified atom stereocenters. The summed E-state index contributed by atoms with van der Waals surface area (Å²) in [7, 11) is 3.22. The maximum atomic E-state index is 11.5. The second kappa shape index (κ2) is 9.00. The molecule has 0 aromatic carbocycles. The number of urea groups is 2. The van der Waals surface area contributed by atoms with E-state index < -0.39 is 18.0 Å². The fourth-order valence-electron chi connectivity index (χ4n) is 1.38. The molecule has 0 spiro atoms. The molecule has 4 amide bonds. The minimum atomic E-state index is -1.06. The molecule has 8 nitrogen and oxygen atoms in total. The summed E-state index contributed by atoms with van der Waals surface area (Å²) < 4.78 is 0. The highest BCUT2D eigenvalue weighted by molar-refractivity contribution is 5.82. The standard InChI is InChI=1S/C12H24N4O4/c1-5-8(2)9(10(17)18)15-11(19)13-6-7-14-12(20)16(3)4/h8-9H,5-7H2,1-4H3,(H,14,20)(H,17,18)(H2,13,15,19)/t8-,9-/m0/s1. The molecule has 0 aromatic heterocycles. The van der Waals surface area contributed by atoms with Crippen LogP contribution in [0.2, 0.25) is 0 Å². The molecule has 0 aromatic rings. The molecular formula is C12H24N4O4. The van der Waals surface area contributed by atoms with Crippen LogP contribution in [0.15, 0.2) is 0 Å². The highest BCUT2D eigenvalue weighted by Gasteiger charge is 2.24. The molecule has 4 N–H and O–H groups in total. The molecule has 0 aliphatic rings. The van der Waals surface area contributed by atoms with Crippen molar-refractivity contribution in [3.05, 3.63) is 0 Å². The van der Waals surface area contributed by atoms with Crippen LogP contribution >= 0.6 is 0 Å². The SMILES string of the molecule is CC[C@H](C)[C@H](NC(=O)NCCNC(=O)N(C)C)C(=O)O. The van der Waals surface area contributed by atoms with Crippen LogP contribution in [0.3, 0.4) is 0 Å². The number of carbonyl (C=O) groups is 3. The number of amides is 4. The number of carboxylic acid groups (broad SMARTS) is 1. The summed E-state index contributed by atoms with van der Waals surface area (Å²) in [4.78, 5) is 35.1. The average molecular weight is 288 g/mol. The first kappa shape index (κ1) is 18.0. The van der Waals surface area contributed by atoms with Crippen molar-refractivity contribution in [2.75, 3.05) is 27.2 Å². The number of aliphatic carboxylic acids is 1. The lowest BCUT2D eigenvalue weighted by Crippen LogP contribution is -2.50. The van der Waals surface area contributed by atoms with Gasteiger partial charge in [0.25, 0.3) is 0 Å². The normalized spacial score (nSPS) is 13.0. The molecular weight excluding hydrogens is 264 g/mol. The third-order valence-electron chi connectivity index (χ3n) is 2.86. The Kier molecular flexibility index (Phi) is 8.10. The lowest BCUT2D eigenvalue weighted by Gasteiger charge is -2.20. The molecule has 0 radical (unpaired) electrons. The Labute approximate surface area is 118 Å². The Balaban J connectivity index is 4.03. The summed E-state index contributed by atoms with van der Waals surface area (Å²) in [6, 6.07) is -1.73. The first-order valence-corrected chi connectivity index (χ1v) is 6.51. The van der Waals surface area contributed by atoms with Gasteiger partial charge in [0.1, 0.15) is 6.04 Å². The van der Waals surface area contributed by atoms with Gasteiger partial charge in [-0.05, 0) is 5.92 Å². The molecule has 0 saturated carbocycles. The summed E-state index contributed by atoms with van der Waals surface area (Å²) in [5.74, 6) is -1.22. The van der Waals surface area contributed by atoms with E-state index in [9.17, 15) is 14.4 Å². The number of nitrogens with one attached hydrogen (secondary N) is 3. The fourth-order valence-corrected chi connectivity index (χ4v) is 1.38. The highest BCUT2D eigenvalue weighted by atomic mass is 16.4. The van der Waals surface area contributed by atoms with Gasteiger partial charge in [0.05, 0.1) is 0 Å². The lowest BCUT2D eigenvalue weighted by molar-refractivity contribution is -0.140. The zero-order valence-corrected chi connectivity index (χ0v) is 12.4. The zero-order valence-electron chi connectivity index (χ0n) is 12.4. The van der Waals surface area contributed by atoms with Gasteiger partial charge in [-0.3, -0.25) is 0 Å². The third-order valence-corrected chi connectivity index (χ3v) is 2.86. The van der Waals surface area contributed by atoms with Gasteiger partial charge in [-0.2, -0.15) is 0 Å². The van der Waals surface area contributed by atoms with Gasteiger partial charge >= 0.3 is 18.0 Å². The van der Waals surface area contributed by atoms with E-state index in [0.29, 0.717) is 6.42 Å². The van der Waals surface area contributed by atoms with Crippen molar-refractivity contribution in [1.82, 2.24) is 20.9 Å². The van der Waals surface area contributed by atoms with Gasteiger partial charge in [-0.1, -0.05) is 20.3 Å². The van der Waals surface area contributed by atoms with Crippen LogP contribution in [-0.4, -0.2) is 61.3 Å². The third kappa shape index (κ3) is 6.81. The number of carboxylic acids is 1. The van der Waals surface area contributed by atoms with Gasteiger partial charge in [0.2, 0.25) is 0 Å². The smallest absolute Gasteiger partial charge is 0.326 e. The Hall–Kier alpha value is -1.99. The highest BCUT2D eigenvalue weighted by Crippen LogP contribution is 2.07. The van der Waals surface area contributed by atoms with Gasteiger partial charge < -0.3 is 26.0 Å². The summed E-state index contributed by atoms with van der Waals surface area (Å²) >= 11 is 0. The first-order chi connectivity index (χ1) is 9.29. The van der Waals surface area contributed by atoms with Crippen LogP contribution in [0.4, 0.5) is 9.59 Å². The van der Waals surface area contributed by atoms with Crippen molar-refractivity contribution >= 4 is 18.0 Å². The molecule has 0 aliphatic carbocycles. The van der Waals surface area contributed by atoms with E-state index in [1.807, 2.05) is 6.92 Å². The zero-order chi connectivity index (χ0) is 15.7. The molecule has 20 heavy (non-hydrogen) atoms. The first-order valence-electron chi connectivity index (χ1n) is 6.51. The Morgan fingerprint density at radius 3 is 2.15 bits per heavy atom. The predicted molar refractivity (Wildman–Crippen MR) is 74.5 cm³/mol. The maximum Gasteiger partial charge on any atom is 0.326 e. The van der Waals surface area contributed by atoms with E-state index in [-0.39, 0.29) is 25.0 Å². The van der Waals surface area contributed by atoms with E-state index >= 15 is 0 Å². The number of carbonyl (C=O) groups excluding carboxylic acids is 2. The maximum absolute atomic E-state index is 11.5. The van der Waals surface area contributed by atoms with Crippen LogP contribution in [-0.2, 0) is 4.79 Å². The number of hydrogen-bond donors (Lipinski definition) is 4. The van der Waals surface area contributed by atoms with Crippen molar-refractivity contribution in [2.24, 2.45) is 5.92 Å². The summed E-state index contributed by atoms with van der Waals surface area (Å²) in [6.45, 7) is 4.11.